The van der Waals surface area contributed by atoms with Gasteiger partial charge in [-0.05, 0) is 54.9 Å². The molecule has 1 aliphatic rings. The van der Waals surface area contributed by atoms with Crippen LogP contribution in [0.1, 0.15) is 50.3 Å². The van der Waals surface area contributed by atoms with Crippen LogP contribution >= 0.6 is 0 Å². The second-order valence-electron chi connectivity index (χ2n) is 6.29. The average molecular weight is 308 g/mol. The van der Waals surface area contributed by atoms with Crippen molar-refractivity contribution in [2.75, 3.05) is 6.54 Å². The van der Waals surface area contributed by atoms with Crippen LogP contribution in [0.3, 0.4) is 0 Å². The number of carbonyl (C=O) groups is 1. The Morgan fingerprint density at radius 1 is 1.45 bits per heavy atom. The molecule has 122 valence electrons. The monoisotopic (exact) mass is 308 g/mol. The number of hydrogen-bond donors (Lipinski definition) is 3. The highest BCUT2D eigenvalue weighted by Crippen LogP contribution is 2.30. The molecule has 0 bridgehead atoms. The van der Waals surface area contributed by atoms with Gasteiger partial charge < -0.3 is 15.7 Å². The number of hydrogen-bond acceptors (Lipinski definition) is 2. The summed E-state index contributed by atoms with van der Waals surface area (Å²) in [6.45, 7) is 4.33. The van der Waals surface area contributed by atoms with Gasteiger partial charge in [0.15, 0.2) is 0 Å². The number of aliphatic hydroxyl groups is 1. The van der Waals surface area contributed by atoms with Crippen molar-refractivity contribution in [2.24, 2.45) is 5.92 Å². The molecule has 3 N–H and O–H groups in total. The quantitative estimate of drug-likeness (QED) is 0.783. The summed E-state index contributed by atoms with van der Waals surface area (Å²) in [7, 11) is 0. The maximum atomic E-state index is 13.3. The minimum atomic E-state index is -0.404. The Morgan fingerprint density at radius 2 is 2.23 bits per heavy atom. The SMILES string of the molecule is CC(C)C(O)CCNC(=O)NC1CCCc2cc(F)ccc21. The second-order valence-corrected chi connectivity index (χ2v) is 6.29. The Morgan fingerprint density at radius 3 is 2.95 bits per heavy atom. The largest absolute Gasteiger partial charge is 0.393 e. The first-order valence-electron chi connectivity index (χ1n) is 7.98. The van der Waals surface area contributed by atoms with Gasteiger partial charge in [0.1, 0.15) is 5.82 Å². The van der Waals surface area contributed by atoms with Gasteiger partial charge in [0.25, 0.3) is 0 Å². The number of fused-ring (bicyclic) bond motifs is 1. The van der Waals surface area contributed by atoms with Crippen LogP contribution in [-0.2, 0) is 6.42 Å². The van der Waals surface area contributed by atoms with E-state index in [-0.39, 0.29) is 23.8 Å². The summed E-state index contributed by atoms with van der Waals surface area (Å²) in [4.78, 5) is 12.0. The highest BCUT2D eigenvalue weighted by molar-refractivity contribution is 5.74. The van der Waals surface area contributed by atoms with Crippen LogP contribution in [0.5, 0.6) is 0 Å². The minimum Gasteiger partial charge on any atom is -0.393 e. The Kier molecular flexibility index (Phi) is 5.77. The van der Waals surface area contributed by atoms with E-state index in [4.69, 9.17) is 0 Å². The highest BCUT2D eigenvalue weighted by Gasteiger charge is 2.22. The van der Waals surface area contributed by atoms with E-state index in [0.29, 0.717) is 13.0 Å². The lowest BCUT2D eigenvalue weighted by molar-refractivity contribution is 0.116. The number of benzene rings is 1. The van der Waals surface area contributed by atoms with Crippen molar-refractivity contribution < 1.29 is 14.3 Å². The van der Waals surface area contributed by atoms with Crippen LogP contribution in [0.25, 0.3) is 0 Å². The van der Waals surface area contributed by atoms with Crippen molar-refractivity contribution in [2.45, 2.75) is 51.7 Å². The van der Waals surface area contributed by atoms with E-state index < -0.39 is 6.10 Å². The zero-order valence-corrected chi connectivity index (χ0v) is 13.2. The van der Waals surface area contributed by atoms with Crippen LogP contribution in [0, 0.1) is 11.7 Å². The highest BCUT2D eigenvalue weighted by atomic mass is 19.1. The fourth-order valence-electron chi connectivity index (χ4n) is 2.81. The Balaban J connectivity index is 1.85. The summed E-state index contributed by atoms with van der Waals surface area (Å²) in [6.07, 6.45) is 2.79. The molecule has 2 amide bonds. The molecule has 0 aromatic heterocycles. The van der Waals surface area contributed by atoms with E-state index in [1.807, 2.05) is 13.8 Å². The van der Waals surface area contributed by atoms with Crippen molar-refractivity contribution in [1.82, 2.24) is 10.6 Å². The lowest BCUT2D eigenvalue weighted by Gasteiger charge is -2.26. The van der Waals surface area contributed by atoms with Crippen LogP contribution in [0.15, 0.2) is 18.2 Å². The van der Waals surface area contributed by atoms with Crippen LogP contribution in [-0.4, -0.2) is 23.8 Å². The number of nitrogens with one attached hydrogen (secondary N) is 2. The Bertz CT molecular complexity index is 519. The number of halogens is 1. The van der Waals surface area contributed by atoms with E-state index in [1.165, 1.54) is 6.07 Å². The van der Waals surface area contributed by atoms with E-state index in [2.05, 4.69) is 10.6 Å². The van der Waals surface area contributed by atoms with E-state index in [9.17, 15) is 14.3 Å². The smallest absolute Gasteiger partial charge is 0.315 e. The lowest BCUT2D eigenvalue weighted by atomic mass is 9.88. The molecular weight excluding hydrogens is 283 g/mol. The molecule has 0 radical (unpaired) electrons. The molecule has 4 nitrogen and oxygen atoms in total. The maximum Gasteiger partial charge on any atom is 0.315 e. The predicted octanol–water partition coefficient (Wildman–Crippen LogP) is 2.91. The Labute approximate surface area is 131 Å². The van der Waals surface area contributed by atoms with Crippen molar-refractivity contribution >= 4 is 6.03 Å². The summed E-state index contributed by atoms with van der Waals surface area (Å²) < 4.78 is 13.3. The lowest BCUT2D eigenvalue weighted by Crippen LogP contribution is -2.40. The molecule has 22 heavy (non-hydrogen) atoms. The normalized spacial score (nSPS) is 18.7. The van der Waals surface area contributed by atoms with Gasteiger partial charge in [0.2, 0.25) is 0 Å². The van der Waals surface area contributed by atoms with E-state index in [0.717, 1.165) is 30.4 Å². The summed E-state index contributed by atoms with van der Waals surface area (Å²) in [5.74, 6) is -0.0449. The van der Waals surface area contributed by atoms with Gasteiger partial charge >= 0.3 is 6.03 Å². The number of aliphatic hydroxyl groups excluding tert-OH is 1. The van der Waals surface area contributed by atoms with Gasteiger partial charge in [-0.2, -0.15) is 0 Å². The van der Waals surface area contributed by atoms with Crippen molar-refractivity contribution in [3.8, 4) is 0 Å². The fraction of sp³-hybridized carbons (Fsp3) is 0.588. The third-order valence-corrected chi connectivity index (χ3v) is 4.22. The zero-order valence-electron chi connectivity index (χ0n) is 13.2. The minimum absolute atomic E-state index is 0.0700. The number of amides is 2. The summed E-state index contributed by atoms with van der Waals surface area (Å²) in [5.41, 5.74) is 1.98. The molecular formula is C17H25FN2O2. The molecule has 0 spiro atoms. The summed E-state index contributed by atoms with van der Waals surface area (Å²) in [5, 5.41) is 15.4. The van der Waals surface area contributed by atoms with Crippen molar-refractivity contribution in [3.05, 3.63) is 35.1 Å². The molecule has 0 aliphatic heterocycles. The first-order chi connectivity index (χ1) is 10.5. The molecule has 1 aromatic rings. The van der Waals surface area contributed by atoms with E-state index >= 15 is 0 Å². The van der Waals surface area contributed by atoms with Crippen molar-refractivity contribution in [1.29, 1.82) is 0 Å². The molecule has 0 saturated heterocycles. The maximum absolute atomic E-state index is 13.3. The molecule has 1 aliphatic carbocycles. The van der Waals surface area contributed by atoms with Crippen molar-refractivity contribution in [3.63, 3.8) is 0 Å². The first-order valence-corrected chi connectivity index (χ1v) is 7.98. The number of aryl methyl sites for hydroxylation is 1. The molecule has 2 rings (SSSR count). The molecule has 2 atom stereocenters. The zero-order chi connectivity index (χ0) is 16.1. The van der Waals surface area contributed by atoms with E-state index in [1.54, 1.807) is 12.1 Å². The summed E-state index contributed by atoms with van der Waals surface area (Å²) in [6, 6.07) is 4.45. The molecule has 2 unspecified atom stereocenters. The Hall–Kier alpha value is -1.62. The van der Waals surface area contributed by atoms with Crippen LogP contribution in [0.2, 0.25) is 0 Å². The fourth-order valence-corrected chi connectivity index (χ4v) is 2.81. The van der Waals surface area contributed by atoms with Crippen LogP contribution in [0.4, 0.5) is 9.18 Å². The third-order valence-electron chi connectivity index (χ3n) is 4.22. The number of carbonyl (C=O) groups excluding carboxylic acids is 1. The first kappa shape index (κ1) is 16.7. The van der Waals surface area contributed by atoms with Gasteiger partial charge in [-0.3, -0.25) is 0 Å². The molecule has 0 fully saturated rings. The summed E-state index contributed by atoms with van der Waals surface area (Å²) >= 11 is 0. The van der Waals surface area contributed by atoms with Crippen LogP contribution < -0.4 is 10.6 Å². The molecule has 1 aromatic carbocycles. The van der Waals surface area contributed by atoms with Gasteiger partial charge in [0.05, 0.1) is 12.1 Å². The standard InChI is InChI=1S/C17H25FN2O2/c1-11(2)16(21)8-9-19-17(22)20-15-5-3-4-12-10-13(18)6-7-14(12)15/h6-7,10-11,15-16,21H,3-5,8-9H2,1-2H3,(H2,19,20,22). The number of rotatable bonds is 5. The van der Waals surface area contributed by atoms with Gasteiger partial charge in [-0.1, -0.05) is 19.9 Å². The third kappa shape index (κ3) is 4.44. The molecule has 0 heterocycles. The second kappa shape index (κ2) is 7.58. The topological polar surface area (TPSA) is 61.4 Å². The van der Waals surface area contributed by atoms with Gasteiger partial charge in [0, 0.05) is 6.54 Å². The van der Waals surface area contributed by atoms with Gasteiger partial charge in [-0.15, -0.1) is 0 Å². The van der Waals surface area contributed by atoms with Gasteiger partial charge in [-0.25, -0.2) is 9.18 Å². The molecule has 5 heteroatoms. The number of urea groups is 1. The average Bonchev–Trinajstić information content (AvgIpc) is 2.46. The predicted molar refractivity (Wildman–Crippen MR) is 84.1 cm³/mol. The molecule has 0 saturated carbocycles.